The molecule has 214 valence electrons. The first-order valence-corrected chi connectivity index (χ1v) is 12.9. The van der Waals surface area contributed by atoms with E-state index in [9.17, 15) is 26.7 Å². The summed E-state index contributed by atoms with van der Waals surface area (Å²) in [6, 6.07) is 5.36. The highest BCUT2D eigenvalue weighted by atomic mass is 19.4. The molecule has 5 rings (SSSR count). The highest BCUT2D eigenvalue weighted by Gasteiger charge is 2.43. The first-order chi connectivity index (χ1) is 19.0. The minimum atomic E-state index is -4.58. The highest BCUT2D eigenvalue weighted by Crippen LogP contribution is 2.42. The Labute approximate surface area is 227 Å². The Balaban J connectivity index is 1.43. The lowest BCUT2D eigenvalue weighted by Crippen LogP contribution is -2.55. The lowest BCUT2D eigenvalue weighted by molar-refractivity contribution is -0.138. The van der Waals surface area contributed by atoms with Crippen molar-refractivity contribution in [1.29, 1.82) is 0 Å². The Morgan fingerprint density at radius 3 is 2.48 bits per heavy atom. The zero-order valence-corrected chi connectivity index (χ0v) is 22.2. The molecule has 3 aromatic rings. The molecule has 4 heterocycles. The van der Waals surface area contributed by atoms with E-state index in [1.165, 1.54) is 42.5 Å². The number of amides is 2. The summed E-state index contributed by atoms with van der Waals surface area (Å²) in [7, 11) is 3.07. The number of aryl methyl sites for hydroxylation is 1. The maximum Gasteiger partial charge on any atom is 0.416 e. The Kier molecular flexibility index (Phi) is 7.32. The zero-order valence-electron chi connectivity index (χ0n) is 22.2. The molecule has 1 saturated heterocycles. The van der Waals surface area contributed by atoms with Crippen LogP contribution in [0.25, 0.3) is 0 Å². The number of piperidine rings is 1. The minimum absolute atomic E-state index is 0.0347. The van der Waals surface area contributed by atoms with E-state index in [4.69, 9.17) is 4.74 Å². The number of methoxy groups -OCH3 is 1. The smallest absolute Gasteiger partial charge is 0.416 e. The molecule has 0 N–H and O–H groups in total. The molecular weight excluding hydrogens is 535 g/mol. The number of alkyl halides is 5. The van der Waals surface area contributed by atoms with Crippen LogP contribution in [0.3, 0.4) is 0 Å². The van der Waals surface area contributed by atoms with Gasteiger partial charge in [-0.05, 0) is 37.5 Å². The number of rotatable bonds is 6. The number of hydrogen-bond acceptors (Lipinski definition) is 5. The fourth-order valence-corrected chi connectivity index (χ4v) is 5.72. The molecule has 2 aliphatic rings. The molecule has 2 aromatic heterocycles. The van der Waals surface area contributed by atoms with E-state index in [-0.39, 0.29) is 41.3 Å². The molecule has 0 aliphatic carbocycles. The van der Waals surface area contributed by atoms with E-state index in [1.807, 2.05) is 6.92 Å². The lowest BCUT2D eigenvalue weighted by atomic mass is 9.97. The molecule has 13 heteroatoms. The van der Waals surface area contributed by atoms with E-state index in [0.29, 0.717) is 31.7 Å². The quantitative estimate of drug-likeness (QED) is 0.346. The summed E-state index contributed by atoms with van der Waals surface area (Å²) in [6.07, 6.45) is -3.33. The van der Waals surface area contributed by atoms with Gasteiger partial charge in [0.15, 0.2) is 5.82 Å². The van der Waals surface area contributed by atoms with Crippen molar-refractivity contribution in [2.45, 2.75) is 51.0 Å². The first kappa shape index (κ1) is 27.7. The van der Waals surface area contributed by atoms with Gasteiger partial charge in [0, 0.05) is 49.7 Å². The Bertz CT molecular complexity index is 1390. The number of aromatic nitrogens is 3. The van der Waals surface area contributed by atoms with Gasteiger partial charge in [0.1, 0.15) is 5.69 Å². The van der Waals surface area contributed by atoms with Gasteiger partial charge in [0.2, 0.25) is 5.88 Å². The van der Waals surface area contributed by atoms with E-state index in [0.717, 1.165) is 11.6 Å². The number of ether oxygens (including phenoxy) is 1. The molecular formula is C27H29F5N6O2. The molecule has 40 heavy (non-hydrogen) atoms. The van der Waals surface area contributed by atoms with Gasteiger partial charge in [-0.2, -0.15) is 18.3 Å². The number of carbonyl (C=O) groups is 1. The predicted octanol–water partition coefficient (Wildman–Crippen LogP) is 5.95. The second-order valence-corrected chi connectivity index (χ2v) is 9.97. The Morgan fingerprint density at radius 1 is 1.12 bits per heavy atom. The Morgan fingerprint density at radius 2 is 1.82 bits per heavy atom. The molecule has 2 amide bonds. The molecule has 0 bridgehead atoms. The molecule has 1 atom stereocenters. The molecule has 0 unspecified atom stereocenters. The van der Waals surface area contributed by atoms with Crippen LogP contribution in [0.1, 0.15) is 54.5 Å². The molecule has 1 aromatic carbocycles. The van der Waals surface area contributed by atoms with E-state index in [1.54, 1.807) is 27.7 Å². The molecule has 1 fully saturated rings. The molecule has 2 aliphatic heterocycles. The maximum absolute atomic E-state index is 13.9. The van der Waals surface area contributed by atoms with Crippen LogP contribution in [0, 0.1) is 0 Å². The number of hydrogen-bond donors (Lipinski definition) is 0. The van der Waals surface area contributed by atoms with Gasteiger partial charge in [-0.25, -0.2) is 18.6 Å². The largest absolute Gasteiger partial charge is 0.480 e. The van der Waals surface area contributed by atoms with Crippen LogP contribution in [-0.2, 0) is 19.8 Å². The van der Waals surface area contributed by atoms with Crippen LogP contribution in [0.15, 0.2) is 42.7 Å². The van der Waals surface area contributed by atoms with E-state index < -0.39 is 24.2 Å². The second-order valence-electron chi connectivity index (χ2n) is 9.97. The van der Waals surface area contributed by atoms with Crippen molar-refractivity contribution < 1.29 is 31.5 Å². The molecule has 8 nitrogen and oxygen atoms in total. The van der Waals surface area contributed by atoms with Gasteiger partial charge in [-0.1, -0.05) is 18.2 Å². The number of nitrogens with zero attached hydrogens (tertiary/aromatic N) is 6. The van der Waals surface area contributed by atoms with Crippen LogP contribution in [0.4, 0.5) is 38.3 Å². The van der Waals surface area contributed by atoms with Crippen molar-refractivity contribution in [2.24, 2.45) is 7.05 Å². The maximum atomic E-state index is 13.9. The number of halogens is 5. The van der Waals surface area contributed by atoms with Gasteiger partial charge in [0.05, 0.1) is 25.3 Å². The monoisotopic (exact) mass is 564 g/mol. The summed E-state index contributed by atoms with van der Waals surface area (Å²) in [5, 5.41) is 4.41. The van der Waals surface area contributed by atoms with Gasteiger partial charge in [-0.15, -0.1) is 0 Å². The average molecular weight is 565 g/mol. The summed E-state index contributed by atoms with van der Waals surface area (Å²) >= 11 is 0. The van der Waals surface area contributed by atoms with Crippen LogP contribution in [0.2, 0.25) is 0 Å². The summed E-state index contributed by atoms with van der Waals surface area (Å²) in [4.78, 5) is 22.8. The Hall–Kier alpha value is -3.90. The number of fused-ring (bicyclic) bond motifs is 1. The van der Waals surface area contributed by atoms with Crippen molar-refractivity contribution in [3.05, 3.63) is 65.0 Å². The fraction of sp³-hybridized carbons (Fsp3) is 0.444. The van der Waals surface area contributed by atoms with Crippen LogP contribution >= 0.6 is 0 Å². The van der Waals surface area contributed by atoms with Crippen molar-refractivity contribution in [3.8, 4) is 5.88 Å². The van der Waals surface area contributed by atoms with Gasteiger partial charge >= 0.3 is 12.2 Å². The standard InChI is InChI=1S/C27H29F5N6O2/c1-16-20-15-35(2)34-24(20)37(14-17-6-4-5-7-21(17)27(30,31)32)26(39)38(16)18-9-12-36(13-10-18)22-19(23(28)29)8-11-33-25(22)40-3/h4-8,11,15-16,18,23H,9-10,12-14H2,1-3H3/t16-/m1/s1. The third kappa shape index (κ3) is 4.92. The third-order valence-corrected chi connectivity index (χ3v) is 7.59. The highest BCUT2D eigenvalue weighted by molar-refractivity contribution is 5.94. The van der Waals surface area contributed by atoms with Crippen molar-refractivity contribution >= 4 is 17.5 Å². The van der Waals surface area contributed by atoms with Crippen molar-refractivity contribution in [1.82, 2.24) is 19.7 Å². The fourth-order valence-electron chi connectivity index (χ4n) is 5.72. The van der Waals surface area contributed by atoms with E-state index >= 15 is 0 Å². The third-order valence-electron chi connectivity index (χ3n) is 7.59. The predicted molar refractivity (Wildman–Crippen MR) is 137 cm³/mol. The number of urea groups is 1. The van der Waals surface area contributed by atoms with Crippen molar-refractivity contribution in [2.75, 3.05) is 30.0 Å². The normalized spacial score (nSPS) is 18.5. The molecule has 0 spiro atoms. The topological polar surface area (TPSA) is 66.7 Å². The van der Waals surface area contributed by atoms with Crippen LogP contribution in [0.5, 0.6) is 5.88 Å². The zero-order chi connectivity index (χ0) is 28.8. The SMILES string of the molecule is COc1nccc(C(F)F)c1N1CCC(N2C(=O)N(Cc3ccccc3C(F)(F)F)c3nn(C)cc3[C@H]2C)CC1. The van der Waals surface area contributed by atoms with Gasteiger partial charge in [-0.3, -0.25) is 9.58 Å². The van der Waals surface area contributed by atoms with Gasteiger partial charge in [0.25, 0.3) is 6.43 Å². The summed E-state index contributed by atoms with van der Waals surface area (Å²) in [5.74, 6) is 0.431. The summed E-state index contributed by atoms with van der Waals surface area (Å²) in [6.45, 7) is 2.29. The second kappa shape index (κ2) is 10.6. The van der Waals surface area contributed by atoms with Crippen LogP contribution in [-0.4, -0.2) is 51.9 Å². The summed E-state index contributed by atoms with van der Waals surface area (Å²) < 4.78 is 75.6. The number of benzene rings is 1. The number of carbonyl (C=O) groups excluding carboxylic acids is 1. The van der Waals surface area contributed by atoms with Crippen LogP contribution < -0.4 is 14.5 Å². The summed E-state index contributed by atoms with van der Waals surface area (Å²) in [5.41, 5.74) is -0.0620. The number of pyridine rings is 1. The van der Waals surface area contributed by atoms with E-state index in [2.05, 4.69) is 10.1 Å². The minimum Gasteiger partial charge on any atom is -0.480 e. The molecule has 0 saturated carbocycles. The average Bonchev–Trinajstić information content (AvgIpc) is 3.32. The lowest BCUT2D eigenvalue weighted by Gasteiger charge is -2.46. The number of anilines is 2. The first-order valence-electron chi connectivity index (χ1n) is 12.9. The van der Waals surface area contributed by atoms with Crippen molar-refractivity contribution in [3.63, 3.8) is 0 Å². The van der Waals surface area contributed by atoms with Gasteiger partial charge < -0.3 is 14.5 Å². The molecule has 0 radical (unpaired) electrons.